The molecule has 0 unspecified atom stereocenters. The Morgan fingerprint density at radius 3 is 2.52 bits per heavy atom. The fourth-order valence-electron chi connectivity index (χ4n) is 2.26. The number of pyridine rings is 1. The van der Waals surface area contributed by atoms with Crippen molar-refractivity contribution in [3.63, 3.8) is 0 Å². The summed E-state index contributed by atoms with van der Waals surface area (Å²) in [6.45, 7) is 4.88. The number of carbonyl (C=O) groups excluding carboxylic acids is 1. The third-order valence-electron chi connectivity index (χ3n) is 3.45. The number of amides is 1. The van der Waals surface area contributed by atoms with Crippen LogP contribution in [0.3, 0.4) is 0 Å². The third-order valence-corrected chi connectivity index (χ3v) is 3.45. The molecule has 0 aliphatic carbocycles. The number of nitrogens with two attached hydrogens (primary N) is 1. The van der Waals surface area contributed by atoms with Crippen LogP contribution in [0.25, 0.3) is 0 Å². The lowest BCUT2D eigenvalue weighted by Crippen LogP contribution is -2.16. The van der Waals surface area contributed by atoms with Crippen LogP contribution in [0, 0.1) is 0 Å². The molecule has 1 heterocycles. The molecule has 0 bridgehead atoms. The van der Waals surface area contributed by atoms with Crippen molar-refractivity contribution < 1.29 is 24.0 Å². The third kappa shape index (κ3) is 5.77. The molecule has 1 aromatic carbocycles. The molecule has 2 N–H and O–H groups in total. The van der Waals surface area contributed by atoms with Gasteiger partial charge in [0.2, 0.25) is 0 Å². The molecule has 0 saturated heterocycles. The minimum absolute atomic E-state index is 0.0543. The largest absolute Gasteiger partial charge is 0.490 e. The van der Waals surface area contributed by atoms with E-state index in [-0.39, 0.29) is 12.4 Å². The maximum absolute atomic E-state index is 12.5. The van der Waals surface area contributed by atoms with Crippen molar-refractivity contribution in [2.45, 2.75) is 20.5 Å². The molecular formula is C19H23N3O5. The molecule has 0 atom stereocenters. The van der Waals surface area contributed by atoms with Crippen molar-refractivity contribution in [2.24, 2.45) is 10.7 Å². The first kappa shape index (κ1) is 20.3. The van der Waals surface area contributed by atoms with Crippen LogP contribution in [0.15, 0.2) is 41.7 Å². The van der Waals surface area contributed by atoms with Crippen molar-refractivity contribution in [1.29, 1.82) is 0 Å². The highest BCUT2D eigenvalue weighted by atomic mass is 17.2. The van der Waals surface area contributed by atoms with Gasteiger partial charge in [0.25, 0.3) is 5.91 Å². The van der Waals surface area contributed by atoms with Gasteiger partial charge in [-0.05, 0) is 43.7 Å². The molecule has 0 radical (unpaired) electrons. The van der Waals surface area contributed by atoms with Gasteiger partial charge in [-0.25, -0.2) is 9.78 Å². The number of benzene rings is 1. The zero-order valence-corrected chi connectivity index (χ0v) is 15.6. The minimum atomic E-state index is -0.491. The van der Waals surface area contributed by atoms with E-state index < -0.39 is 5.91 Å². The summed E-state index contributed by atoms with van der Waals surface area (Å²) in [5.41, 5.74) is 7.56. The fourth-order valence-corrected chi connectivity index (χ4v) is 2.26. The highest BCUT2D eigenvalue weighted by Crippen LogP contribution is 2.28. The monoisotopic (exact) mass is 373 g/mol. The normalized spacial score (nSPS) is 11.3. The predicted molar refractivity (Wildman–Crippen MR) is 99.9 cm³/mol. The molecule has 0 spiro atoms. The van der Waals surface area contributed by atoms with E-state index in [1.54, 1.807) is 30.5 Å². The number of aromatic nitrogens is 1. The first-order valence-corrected chi connectivity index (χ1v) is 8.47. The van der Waals surface area contributed by atoms with Gasteiger partial charge >= 0.3 is 0 Å². The van der Waals surface area contributed by atoms with Gasteiger partial charge < -0.3 is 15.2 Å². The second kappa shape index (κ2) is 10.2. The molecule has 0 aliphatic rings. The summed E-state index contributed by atoms with van der Waals surface area (Å²) in [7, 11) is 1.42. The molecule has 27 heavy (non-hydrogen) atoms. The molecule has 144 valence electrons. The number of carbonyl (C=O) groups is 1. The van der Waals surface area contributed by atoms with Crippen molar-refractivity contribution in [3.05, 3.63) is 53.3 Å². The van der Waals surface area contributed by atoms with Gasteiger partial charge in [0.1, 0.15) is 12.4 Å². The van der Waals surface area contributed by atoms with Gasteiger partial charge in [-0.3, -0.25) is 9.78 Å². The van der Waals surface area contributed by atoms with Crippen LogP contribution in [0.5, 0.6) is 11.5 Å². The van der Waals surface area contributed by atoms with Gasteiger partial charge in [-0.1, -0.05) is 0 Å². The maximum atomic E-state index is 12.5. The van der Waals surface area contributed by atoms with Crippen LogP contribution in [0.1, 0.15) is 35.3 Å². The lowest BCUT2D eigenvalue weighted by atomic mass is 10.1. The van der Waals surface area contributed by atoms with Crippen molar-refractivity contribution in [1.82, 2.24) is 4.98 Å². The number of amidine groups is 1. The summed E-state index contributed by atoms with van der Waals surface area (Å²) >= 11 is 0. The quantitative estimate of drug-likeness (QED) is 0.311. The molecular weight excluding hydrogens is 350 g/mol. The summed E-state index contributed by atoms with van der Waals surface area (Å²) in [5, 5.41) is 0. The maximum Gasteiger partial charge on any atom is 0.279 e. The second-order valence-corrected chi connectivity index (χ2v) is 5.34. The zero-order chi connectivity index (χ0) is 19.6. The summed E-state index contributed by atoms with van der Waals surface area (Å²) in [6, 6.07) is 6.61. The molecule has 0 aliphatic heterocycles. The van der Waals surface area contributed by atoms with Crippen LogP contribution in [-0.4, -0.2) is 37.1 Å². The van der Waals surface area contributed by atoms with E-state index in [1.807, 2.05) is 13.8 Å². The van der Waals surface area contributed by atoms with Gasteiger partial charge in [0.15, 0.2) is 11.5 Å². The fraction of sp³-hybridized carbons (Fsp3) is 0.316. The summed E-state index contributed by atoms with van der Waals surface area (Å²) < 4.78 is 11.0. The highest BCUT2D eigenvalue weighted by molar-refractivity contribution is 6.08. The van der Waals surface area contributed by atoms with Gasteiger partial charge in [0, 0.05) is 23.5 Å². The first-order chi connectivity index (χ1) is 13.1. The highest BCUT2D eigenvalue weighted by Gasteiger charge is 2.12. The van der Waals surface area contributed by atoms with Crippen molar-refractivity contribution in [2.75, 3.05) is 20.3 Å². The van der Waals surface area contributed by atoms with Crippen LogP contribution in [0.2, 0.25) is 0 Å². The Morgan fingerprint density at radius 2 is 1.81 bits per heavy atom. The Labute approximate surface area is 157 Å². The molecule has 2 aromatic rings. The topological polar surface area (TPSA) is 105 Å². The first-order valence-electron chi connectivity index (χ1n) is 8.47. The lowest BCUT2D eigenvalue weighted by molar-refractivity contribution is -0.282. The van der Waals surface area contributed by atoms with E-state index >= 15 is 0 Å². The number of ether oxygens (including phenoxy) is 2. The number of rotatable bonds is 9. The molecule has 8 nitrogen and oxygen atoms in total. The minimum Gasteiger partial charge on any atom is -0.490 e. The van der Waals surface area contributed by atoms with Crippen LogP contribution in [-0.2, 0) is 16.4 Å². The molecule has 2 rings (SSSR count). The Balaban J connectivity index is 2.23. The molecule has 1 aromatic heterocycles. The zero-order valence-electron chi connectivity index (χ0n) is 15.6. The van der Waals surface area contributed by atoms with Crippen LogP contribution < -0.4 is 15.2 Å². The second-order valence-electron chi connectivity index (χ2n) is 5.34. The standard InChI is InChI=1S/C19H23N3O5/c1-4-25-16-7-6-14(9-17(16)26-5-2)19(23)22-18(20)15-8-13(10-21-11-15)12-27-24-3/h6-11H,4-5,12H2,1-3H3,(H2,20,22,23). The van der Waals surface area contributed by atoms with Crippen molar-refractivity contribution in [3.8, 4) is 11.5 Å². The van der Waals surface area contributed by atoms with Crippen LogP contribution in [0.4, 0.5) is 0 Å². The molecule has 0 saturated carbocycles. The lowest BCUT2D eigenvalue weighted by Gasteiger charge is -2.11. The number of hydrogen-bond acceptors (Lipinski definition) is 6. The number of aliphatic imine (C=N–C) groups is 1. The summed E-state index contributed by atoms with van der Waals surface area (Å²) in [6.07, 6.45) is 3.13. The van der Waals surface area contributed by atoms with Gasteiger partial charge in [-0.15, -0.1) is 0 Å². The van der Waals surface area contributed by atoms with E-state index in [1.165, 1.54) is 13.3 Å². The van der Waals surface area contributed by atoms with E-state index in [4.69, 9.17) is 20.1 Å². The van der Waals surface area contributed by atoms with E-state index in [0.717, 1.165) is 5.56 Å². The smallest absolute Gasteiger partial charge is 0.279 e. The van der Waals surface area contributed by atoms with E-state index in [0.29, 0.717) is 35.8 Å². The SMILES string of the molecule is CCOc1ccc(C(=O)N=C(N)c2cncc(COOC)c2)cc1OCC. The molecule has 1 amide bonds. The Hall–Kier alpha value is -2.97. The molecule has 8 heteroatoms. The Kier molecular flexibility index (Phi) is 7.72. The Morgan fingerprint density at radius 1 is 1.07 bits per heavy atom. The van der Waals surface area contributed by atoms with E-state index in [2.05, 4.69) is 14.9 Å². The summed E-state index contributed by atoms with van der Waals surface area (Å²) in [5.74, 6) is 0.621. The molecule has 0 fully saturated rings. The predicted octanol–water partition coefficient (Wildman–Crippen LogP) is 2.50. The van der Waals surface area contributed by atoms with Gasteiger partial charge in [0.05, 0.1) is 20.3 Å². The van der Waals surface area contributed by atoms with Crippen molar-refractivity contribution >= 4 is 11.7 Å². The van der Waals surface area contributed by atoms with Crippen LogP contribution >= 0.6 is 0 Å². The number of nitrogens with zero attached hydrogens (tertiary/aromatic N) is 2. The van der Waals surface area contributed by atoms with Gasteiger partial charge in [-0.2, -0.15) is 4.99 Å². The summed E-state index contributed by atoms with van der Waals surface area (Å²) in [4.78, 5) is 29.9. The van der Waals surface area contributed by atoms with E-state index in [9.17, 15) is 4.79 Å². The average Bonchev–Trinajstić information content (AvgIpc) is 2.68. The Bertz CT molecular complexity index is 808. The number of hydrogen-bond donors (Lipinski definition) is 1. The average molecular weight is 373 g/mol.